The van der Waals surface area contributed by atoms with Crippen LogP contribution in [-0.2, 0) is 4.74 Å². The van der Waals surface area contributed by atoms with Gasteiger partial charge in [-0.3, -0.25) is 0 Å². The Morgan fingerprint density at radius 3 is 3.11 bits per heavy atom. The van der Waals surface area contributed by atoms with E-state index >= 15 is 0 Å². The monoisotopic (exact) mass is 144 g/mol. The first-order chi connectivity index (χ1) is 4.38. The Labute approximate surface area is 60.2 Å². The molecule has 3 atom stereocenters. The molecular formula is C7H12OS. The Hall–Kier alpha value is 0.310. The SMILES string of the molecule is CC1COC2CSCC12. The van der Waals surface area contributed by atoms with Crippen molar-refractivity contribution in [1.29, 1.82) is 0 Å². The third-order valence-electron chi connectivity index (χ3n) is 2.37. The first-order valence-electron chi connectivity index (χ1n) is 3.57. The number of fused-ring (bicyclic) bond motifs is 1. The summed E-state index contributed by atoms with van der Waals surface area (Å²) in [6, 6.07) is 0. The van der Waals surface area contributed by atoms with Crippen molar-refractivity contribution in [2.24, 2.45) is 11.8 Å². The molecule has 2 fully saturated rings. The molecule has 2 aliphatic rings. The van der Waals surface area contributed by atoms with E-state index in [2.05, 4.69) is 6.92 Å². The van der Waals surface area contributed by atoms with Crippen molar-refractivity contribution in [3.63, 3.8) is 0 Å². The van der Waals surface area contributed by atoms with Gasteiger partial charge in [0, 0.05) is 12.4 Å². The lowest BCUT2D eigenvalue weighted by Gasteiger charge is -2.07. The fraction of sp³-hybridized carbons (Fsp3) is 1.00. The van der Waals surface area contributed by atoms with Gasteiger partial charge in [0.05, 0.1) is 6.10 Å². The van der Waals surface area contributed by atoms with Crippen LogP contribution in [0.25, 0.3) is 0 Å². The molecule has 0 bridgehead atoms. The quantitative estimate of drug-likeness (QED) is 0.508. The molecule has 2 aliphatic heterocycles. The maximum atomic E-state index is 5.57. The Bertz CT molecular complexity index is 115. The van der Waals surface area contributed by atoms with Gasteiger partial charge in [-0.1, -0.05) is 6.92 Å². The van der Waals surface area contributed by atoms with Gasteiger partial charge in [0.1, 0.15) is 0 Å². The molecule has 0 aromatic heterocycles. The molecule has 0 aromatic rings. The first-order valence-corrected chi connectivity index (χ1v) is 4.73. The number of hydrogen-bond donors (Lipinski definition) is 0. The molecule has 2 heterocycles. The van der Waals surface area contributed by atoms with Crippen LogP contribution >= 0.6 is 11.8 Å². The Morgan fingerprint density at radius 2 is 2.33 bits per heavy atom. The second-order valence-corrected chi connectivity index (χ2v) is 4.13. The van der Waals surface area contributed by atoms with Crippen LogP contribution in [0.15, 0.2) is 0 Å². The highest BCUT2D eigenvalue weighted by Gasteiger charge is 2.38. The van der Waals surface area contributed by atoms with Crippen molar-refractivity contribution in [2.75, 3.05) is 18.1 Å². The molecule has 0 N–H and O–H groups in total. The molecule has 0 radical (unpaired) electrons. The van der Waals surface area contributed by atoms with Crippen LogP contribution in [-0.4, -0.2) is 24.2 Å². The second-order valence-electron chi connectivity index (χ2n) is 3.05. The molecule has 0 spiro atoms. The lowest BCUT2D eigenvalue weighted by atomic mass is 9.96. The van der Waals surface area contributed by atoms with Gasteiger partial charge in [-0.15, -0.1) is 0 Å². The predicted octanol–water partition coefficient (Wildman–Crippen LogP) is 1.38. The van der Waals surface area contributed by atoms with Crippen LogP contribution in [0.2, 0.25) is 0 Å². The van der Waals surface area contributed by atoms with Crippen LogP contribution in [0.5, 0.6) is 0 Å². The van der Waals surface area contributed by atoms with Crippen molar-refractivity contribution in [3.8, 4) is 0 Å². The van der Waals surface area contributed by atoms with Crippen LogP contribution in [0.3, 0.4) is 0 Å². The van der Waals surface area contributed by atoms with Crippen molar-refractivity contribution >= 4 is 11.8 Å². The molecule has 52 valence electrons. The molecule has 0 amide bonds. The topological polar surface area (TPSA) is 9.23 Å². The van der Waals surface area contributed by atoms with E-state index in [1.165, 1.54) is 11.5 Å². The predicted molar refractivity (Wildman–Crippen MR) is 39.7 cm³/mol. The highest BCUT2D eigenvalue weighted by Crippen LogP contribution is 2.37. The third kappa shape index (κ3) is 0.887. The lowest BCUT2D eigenvalue weighted by molar-refractivity contribution is 0.116. The van der Waals surface area contributed by atoms with E-state index in [1.807, 2.05) is 11.8 Å². The summed E-state index contributed by atoms with van der Waals surface area (Å²) in [6.07, 6.45) is 0.616. The average molecular weight is 144 g/mol. The summed E-state index contributed by atoms with van der Waals surface area (Å²) in [7, 11) is 0. The fourth-order valence-corrected chi connectivity index (χ4v) is 3.18. The van der Waals surface area contributed by atoms with E-state index in [0.717, 1.165) is 18.4 Å². The Balaban J connectivity index is 2.07. The molecule has 2 rings (SSSR count). The van der Waals surface area contributed by atoms with Crippen LogP contribution < -0.4 is 0 Å². The van der Waals surface area contributed by atoms with Crippen molar-refractivity contribution < 1.29 is 4.74 Å². The number of ether oxygens (including phenoxy) is 1. The summed E-state index contributed by atoms with van der Waals surface area (Å²) < 4.78 is 5.57. The van der Waals surface area contributed by atoms with Crippen LogP contribution in [0.4, 0.5) is 0 Å². The van der Waals surface area contributed by atoms with E-state index in [0.29, 0.717) is 6.10 Å². The Morgan fingerprint density at radius 1 is 1.44 bits per heavy atom. The zero-order chi connectivity index (χ0) is 6.27. The average Bonchev–Trinajstić information content (AvgIpc) is 2.35. The van der Waals surface area contributed by atoms with Crippen molar-refractivity contribution in [2.45, 2.75) is 13.0 Å². The summed E-state index contributed by atoms with van der Waals surface area (Å²) in [5.41, 5.74) is 0. The third-order valence-corrected chi connectivity index (χ3v) is 3.56. The van der Waals surface area contributed by atoms with Gasteiger partial charge in [0.2, 0.25) is 0 Å². The van der Waals surface area contributed by atoms with E-state index < -0.39 is 0 Å². The maximum Gasteiger partial charge on any atom is 0.0704 e. The second kappa shape index (κ2) is 2.17. The molecule has 0 saturated carbocycles. The Kier molecular flexibility index (Phi) is 1.46. The van der Waals surface area contributed by atoms with Crippen molar-refractivity contribution in [1.82, 2.24) is 0 Å². The van der Waals surface area contributed by atoms with Crippen LogP contribution in [0.1, 0.15) is 6.92 Å². The van der Waals surface area contributed by atoms with Gasteiger partial charge in [0.15, 0.2) is 0 Å². The molecule has 3 unspecified atom stereocenters. The molecule has 9 heavy (non-hydrogen) atoms. The van der Waals surface area contributed by atoms with Gasteiger partial charge in [-0.05, 0) is 17.6 Å². The van der Waals surface area contributed by atoms with Gasteiger partial charge >= 0.3 is 0 Å². The van der Waals surface area contributed by atoms with Crippen molar-refractivity contribution in [3.05, 3.63) is 0 Å². The number of hydrogen-bond acceptors (Lipinski definition) is 2. The normalized spacial score (nSPS) is 49.7. The first kappa shape index (κ1) is 6.05. The molecule has 1 nitrogen and oxygen atoms in total. The van der Waals surface area contributed by atoms with E-state index in [-0.39, 0.29) is 0 Å². The summed E-state index contributed by atoms with van der Waals surface area (Å²) in [5, 5.41) is 0. The standard InChI is InChI=1S/C7H12OS/c1-5-2-8-7-4-9-3-6(5)7/h5-7H,2-4H2,1H3. The smallest absolute Gasteiger partial charge is 0.0704 e. The zero-order valence-electron chi connectivity index (χ0n) is 5.67. The van der Waals surface area contributed by atoms with E-state index in [4.69, 9.17) is 4.74 Å². The summed E-state index contributed by atoms with van der Waals surface area (Å²) in [6.45, 7) is 3.31. The molecule has 0 aromatic carbocycles. The number of rotatable bonds is 0. The van der Waals surface area contributed by atoms with E-state index in [9.17, 15) is 0 Å². The van der Waals surface area contributed by atoms with Gasteiger partial charge in [-0.25, -0.2) is 0 Å². The molecule has 2 saturated heterocycles. The maximum absolute atomic E-state index is 5.57. The highest BCUT2D eigenvalue weighted by atomic mass is 32.2. The fourth-order valence-electron chi connectivity index (χ4n) is 1.65. The molecule has 2 heteroatoms. The number of thioether (sulfide) groups is 1. The van der Waals surface area contributed by atoms with Gasteiger partial charge in [0.25, 0.3) is 0 Å². The minimum Gasteiger partial charge on any atom is -0.377 e. The largest absolute Gasteiger partial charge is 0.377 e. The minimum absolute atomic E-state index is 0.616. The summed E-state index contributed by atoms with van der Waals surface area (Å²) in [4.78, 5) is 0. The van der Waals surface area contributed by atoms with E-state index in [1.54, 1.807) is 0 Å². The molecule has 0 aliphatic carbocycles. The van der Waals surface area contributed by atoms with Crippen LogP contribution in [0, 0.1) is 11.8 Å². The van der Waals surface area contributed by atoms with Gasteiger partial charge < -0.3 is 4.74 Å². The highest BCUT2D eigenvalue weighted by molar-refractivity contribution is 7.99. The lowest BCUT2D eigenvalue weighted by Crippen LogP contribution is -2.15. The summed E-state index contributed by atoms with van der Waals surface area (Å²) >= 11 is 2.04. The molecular weight excluding hydrogens is 132 g/mol. The van der Waals surface area contributed by atoms with Gasteiger partial charge in [-0.2, -0.15) is 11.8 Å². The zero-order valence-corrected chi connectivity index (χ0v) is 6.49. The minimum atomic E-state index is 0.616. The summed E-state index contributed by atoms with van der Waals surface area (Å²) in [5.74, 6) is 4.29.